The van der Waals surface area contributed by atoms with Crippen LogP contribution in [0.5, 0.6) is 0 Å². The minimum absolute atomic E-state index is 0.0377. The summed E-state index contributed by atoms with van der Waals surface area (Å²) >= 11 is 0. The number of aryl methyl sites for hydroxylation is 1. The number of ether oxygens (including phenoxy) is 2. The van der Waals surface area contributed by atoms with Gasteiger partial charge in [0.15, 0.2) is 5.60 Å². The number of halogens is 1. The summed E-state index contributed by atoms with van der Waals surface area (Å²) in [6, 6.07) is 10.1. The smallest absolute Gasteiger partial charge is 0.407 e. The van der Waals surface area contributed by atoms with E-state index in [1.54, 1.807) is 50.2 Å². The average Bonchev–Trinajstić information content (AvgIpc) is 3.63. The molecule has 0 spiro atoms. The number of fused-ring (bicyclic) bond motifs is 5. The molecule has 3 atom stereocenters. The lowest BCUT2D eigenvalue weighted by atomic mass is 9.81. The molecule has 2 aliphatic heterocycles. The summed E-state index contributed by atoms with van der Waals surface area (Å²) in [6.45, 7) is 1.54. The van der Waals surface area contributed by atoms with Crippen LogP contribution in [0.4, 0.5) is 9.18 Å². The van der Waals surface area contributed by atoms with Crippen LogP contribution >= 0.6 is 0 Å². The Morgan fingerprint density at radius 1 is 1.03 bits per heavy atom. The maximum Gasteiger partial charge on any atom is 0.407 e. The van der Waals surface area contributed by atoms with Gasteiger partial charge in [0, 0.05) is 29.0 Å². The van der Waals surface area contributed by atoms with E-state index in [1.807, 2.05) is 0 Å². The SMILES string of the molecule is CC[C@@]1(O)C(=O)OCc2c1cc1n(c2=O)Cc2c-1nc1cc(F)c(C)c3c1c2[C@@H](NC(=O)OCCNC(=O)CNC(=O)[C@H](Cc1ccccc1)NC(=O)CNC(=O)CN)CC3. The molecule has 5 amide bonds. The molecule has 8 N–H and O–H groups in total. The predicted molar refractivity (Wildman–Crippen MR) is 215 cm³/mol. The van der Waals surface area contributed by atoms with Gasteiger partial charge in [-0.25, -0.2) is 19.0 Å². The molecule has 3 aliphatic rings. The molecule has 61 heavy (non-hydrogen) atoms. The van der Waals surface area contributed by atoms with E-state index in [0.717, 1.165) is 11.1 Å². The zero-order valence-electron chi connectivity index (χ0n) is 33.4. The van der Waals surface area contributed by atoms with Crippen molar-refractivity contribution >= 4 is 46.6 Å². The first-order valence-electron chi connectivity index (χ1n) is 19.8. The van der Waals surface area contributed by atoms with Gasteiger partial charge in [-0.1, -0.05) is 37.3 Å². The minimum atomic E-state index is -2.04. The summed E-state index contributed by atoms with van der Waals surface area (Å²) < 4.78 is 27.4. The van der Waals surface area contributed by atoms with Crippen molar-refractivity contribution < 1.29 is 47.7 Å². The first kappa shape index (κ1) is 42.4. The van der Waals surface area contributed by atoms with Crippen LogP contribution in [0.1, 0.15) is 64.8 Å². The molecular formula is C42H45FN8O10. The molecule has 0 fully saturated rings. The summed E-state index contributed by atoms with van der Waals surface area (Å²) in [4.78, 5) is 94.3. The van der Waals surface area contributed by atoms with E-state index in [-0.39, 0.29) is 56.8 Å². The van der Waals surface area contributed by atoms with Crippen molar-refractivity contribution in [3.8, 4) is 11.4 Å². The van der Waals surface area contributed by atoms with E-state index < -0.39 is 77.8 Å². The van der Waals surface area contributed by atoms with Gasteiger partial charge in [0.05, 0.1) is 61.2 Å². The van der Waals surface area contributed by atoms with Crippen LogP contribution in [0.25, 0.3) is 22.3 Å². The highest BCUT2D eigenvalue weighted by atomic mass is 19.1. The second kappa shape index (κ2) is 17.5. The lowest BCUT2D eigenvalue weighted by Crippen LogP contribution is -2.52. The highest BCUT2D eigenvalue weighted by Crippen LogP contribution is 2.46. The van der Waals surface area contributed by atoms with Crippen LogP contribution in [0, 0.1) is 12.7 Å². The number of benzene rings is 2. The number of pyridine rings is 2. The van der Waals surface area contributed by atoms with E-state index in [2.05, 4.69) is 26.6 Å². The fraction of sp³-hybridized carbons (Fsp3) is 0.381. The van der Waals surface area contributed by atoms with Crippen molar-refractivity contribution in [2.45, 2.75) is 70.4 Å². The number of esters is 1. The van der Waals surface area contributed by atoms with E-state index in [9.17, 15) is 38.7 Å². The molecule has 0 saturated heterocycles. The summed E-state index contributed by atoms with van der Waals surface area (Å²) in [6.07, 6.45) is 0.0402. The van der Waals surface area contributed by atoms with E-state index in [4.69, 9.17) is 20.2 Å². The number of aliphatic hydroxyl groups is 1. The predicted octanol–water partition coefficient (Wildman–Crippen LogP) is 0.275. The third-order valence-electron chi connectivity index (χ3n) is 11.3. The molecule has 0 unspecified atom stereocenters. The van der Waals surface area contributed by atoms with Crippen LogP contribution in [-0.2, 0) is 65.0 Å². The van der Waals surface area contributed by atoms with Crippen molar-refractivity contribution in [1.29, 1.82) is 0 Å². The van der Waals surface area contributed by atoms with Crippen molar-refractivity contribution in [3.63, 3.8) is 0 Å². The Bertz CT molecular complexity index is 2530. The zero-order valence-corrected chi connectivity index (χ0v) is 33.4. The maximum absolute atomic E-state index is 15.3. The number of nitrogens with one attached hydrogen (secondary N) is 5. The molecule has 18 nitrogen and oxygen atoms in total. The molecular weight excluding hydrogens is 796 g/mol. The molecule has 1 aliphatic carbocycles. The van der Waals surface area contributed by atoms with Crippen LogP contribution in [-0.4, -0.2) is 89.2 Å². The average molecular weight is 841 g/mol. The van der Waals surface area contributed by atoms with Crippen LogP contribution in [0.15, 0.2) is 47.3 Å². The van der Waals surface area contributed by atoms with Gasteiger partial charge in [-0.2, -0.15) is 0 Å². The number of alkyl carbamates (subject to hydrolysis) is 1. The van der Waals surface area contributed by atoms with Crippen molar-refractivity contribution in [1.82, 2.24) is 36.1 Å². The lowest BCUT2D eigenvalue weighted by molar-refractivity contribution is -0.172. The number of amides is 5. The largest absolute Gasteiger partial charge is 0.458 e. The Balaban J connectivity index is 1.00. The Morgan fingerprint density at radius 2 is 1.79 bits per heavy atom. The van der Waals surface area contributed by atoms with Crippen LogP contribution in [0.2, 0.25) is 0 Å². The second-order valence-electron chi connectivity index (χ2n) is 15.0. The molecule has 0 saturated carbocycles. The molecule has 320 valence electrons. The molecule has 2 aromatic heterocycles. The molecule has 7 rings (SSSR count). The molecule has 0 radical (unpaired) electrons. The van der Waals surface area contributed by atoms with E-state index >= 15 is 4.39 Å². The Kier molecular flexibility index (Phi) is 12.1. The maximum atomic E-state index is 15.3. The number of rotatable bonds is 14. The fourth-order valence-corrected chi connectivity index (χ4v) is 8.13. The van der Waals surface area contributed by atoms with Crippen LogP contribution in [0.3, 0.4) is 0 Å². The van der Waals surface area contributed by atoms with Crippen LogP contribution < -0.4 is 37.9 Å². The van der Waals surface area contributed by atoms with Gasteiger partial charge in [0.2, 0.25) is 23.6 Å². The number of carbonyl (C=O) groups is 6. The minimum Gasteiger partial charge on any atom is -0.458 e. The molecule has 4 aromatic rings. The second-order valence-corrected chi connectivity index (χ2v) is 15.0. The van der Waals surface area contributed by atoms with Gasteiger partial charge in [-0.15, -0.1) is 0 Å². The number of hydrogen-bond donors (Lipinski definition) is 7. The number of carbonyl (C=O) groups excluding carboxylic acids is 6. The number of hydrogen-bond acceptors (Lipinski definition) is 12. The topological polar surface area (TPSA) is 262 Å². The van der Waals surface area contributed by atoms with Gasteiger partial charge >= 0.3 is 12.1 Å². The third-order valence-corrected chi connectivity index (χ3v) is 11.3. The monoisotopic (exact) mass is 840 g/mol. The van der Waals surface area contributed by atoms with E-state index in [1.165, 1.54) is 10.6 Å². The van der Waals surface area contributed by atoms with Crippen molar-refractivity contribution in [2.24, 2.45) is 5.73 Å². The summed E-state index contributed by atoms with van der Waals surface area (Å²) in [5.41, 5.74) is 7.24. The molecule has 4 heterocycles. The first-order valence-corrected chi connectivity index (χ1v) is 19.8. The van der Waals surface area contributed by atoms with Gasteiger partial charge in [-0.3, -0.25) is 24.0 Å². The molecule has 2 aromatic carbocycles. The van der Waals surface area contributed by atoms with Crippen molar-refractivity contribution in [2.75, 3.05) is 32.8 Å². The summed E-state index contributed by atoms with van der Waals surface area (Å²) in [7, 11) is 0. The standard InChI is InChI=1S/C42H45FN8O10/c1-3-42(59)26-14-31-37-24(19-51(31)39(56)25(26)20-61-40(42)57)36-28(10-9-23-21(2)27(43)15-29(49-37)35(23)36)50-41(58)60-12-11-45-33(53)17-47-38(55)30(13-22-7-5-4-6-8-22)48-34(54)18-46-32(52)16-44/h4-8,14-15,28,30,59H,3,9-13,16-20,44H2,1-2H3,(H,45,53)(H,46,52)(H,47,55)(H,48,54)(H,50,58)/t28-,30-,42-/m0/s1. The number of aromatic nitrogens is 2. The third kappa shape index (κ3) is 8.38. The van der Waals surface area contributed by atoms with Crippen molar-refractivity contribution in [3.05, 3.63) is 97.6 Å². The highest BCUT2D eigenvalue weighted by Gasteiger charge is 2.46. The Labute approximate surface area is 347 Å². The summed E-state index contributed by atoms with van der Waals surface area (Å²) in [5.74, 6) is -3.73. The van der Waals surface area contributed by atoms with Gasteiger partial charge < -0.3 is 51.5 Å². The van der Waals surface area contributed by atoms with Gasteiger partial charge in [0.25, 0.3) is 5.56 Å². The zero-order chi connectivity index (χ0) is 43.6. The first-order chi connectivity index (χ1) is 29.2. The number of nitrogens with two attached hydrogens (primary N) is 1. The Hall–Kier alpha value is -6.73. The van der Waals surface area contributed by atoms with Gasteiger partial charge in [0.1, 0.15) is 25.1 Å². The van der Waals surface area contributed by atoms with Gasteiger partial charge in [-0.05, 0) is 54.5 Å². The van der Waals surface area contributed by atoms with E-state index in [0.29, 0.717) is 51.8 Å². The Morgan fingerprint density at radius 3 is 2.52 bits per heavy atom. The lowest BCUT2D eigenvalue weighted by Gasteiger charge is -2.31. The molecule has 19 heteroatoms. The summed E-state index contributed by atoms with van der Waals surface area (Å²) in [5, 5.41) is 24.8. The quantitative estimate of drug-likeness (QED) is 0.0588. The number of cyclic esters (lactones) is 1. The number of nitrogens with zero attached hydrogens (tertiary/aromatic N) is 2. The molecule has 0 bridgehead atoms. The fourth-order valence-electron chi connectivity index (χ4n) is 8.13. The normalized spacial score (nSPS) is 17.5. The highest BCUT2D eigenvalue weighted by molar-refractivity contribution is 5.94.